The van der Waals surface area contributed by atoms with E-state index in [1.807, 2.05) is 12.1 Å². The first-order valence-electron chi connectivity index (χ1n) is 10.3. The van der Waals surface area contributed by atoms with Crippen LogP contribution in [0.4, 0.5) is 21.8 Å². The third kappa shape index (κ3) is 5.46. The Morgan fingerprint density at radius 1 is 1.03 bits per heavy atom. The third-order valence-corrected chi connectivity index (χ3v) is 6.13. The first-order chi connectivity index (χ1) is 17.0. The number of aromatic nitrogens is 4. The van der Waals surface area contributed by atoms with Gasteiger partial charge >= 0.3 is 0 Å². The number of rotatable bonds is 5. The number of thiophene rings is 1. The number of nitrogen functional groups attached to an aromatic ring is 1. The molecule has 5 rings (SSSR count). The van der Waals surface area contributed by atoms with Gasteiger partial charge in [0.2, 0.25) is 5.95 Å². The molecule has 5 aromatic rings. The van der Waals surface area contributed by atoms with Gasteiger partial charge in [0, 0.05) is 18.1 Å². The summed E-state index contributed by atoms with van der Waals surface area (Å²) in [4.78, 5) is 17.4. The lowest BCUT2D eigenvalue weighted by Crippen LogP contribution is -1.98. The first-order valence-corrected chi connectivity index (χ1v) is 11.5. The largest absolute Gasteiger partial charge is 0.487 e. The SMILES string of the molecule is Nc1ncc(C#Cc2cc3ncnc(Nc4ccc(OCc5cccc(F)c5)c(Cl)c4)c3s2)cn1. The predicted octanol–water partition coefficient (Wildman–Crippen LogP) is 5.58. The van der Waals surface area contributed by atoms with Crippen molar-refractivity contribution in [3.63, 3.8) is 0 Å². The Bertz CT molecular complexity index is 1580. The van der Waals surface area contributed by atoms with Gasteiger partial charge in [-0.15, -0.1) is 11.3 Å². The van der Waals surface area contributed by atoms with Crippen LogP contribution in [0.15, 0.2) is 67.3 Å². The summed E-state index contributed by atoms with van der Waals surface area (Å²) in [5.74, 6) is 7.14. The highest BCUT2D eigenvalue weighted by Crippen LogP contribution is 2.33. The molecule has 0 unspecified atom stereocenters. The summed E-state index contributed by atoms with van der Waals surface area (Å²) in [6, 6.07) is 13.5. The monoisotopic (exact) mass is 502 g/mol. The number of hydrogen-bond donors (Lipinski definition) is 2. The van der Waals surface area contributed by atoms with Gasteiger partial charge in [-0.25, -0.2) is 24.3 Å². The van der Waals surface area contributed by atoms with Crippen LogP contribution in [0.1, 0.15) is 16.0 Å². The van der Waals surface area contributed by atoms with Gasteiger partial charge < -0.3 is 15.8 Å². The van der Waals surface area contributed by atoms with Crippen LogP contribution < -0.4 is 15.8 Å². The molecule has 10 heteroatoms. The number of nitrogens with one attached hydrogen (secondary N) is 1. The van der Waals surface area contributed by atoms with Crippen LogP contribution in [0.2, 0.25) is 5.02 Å². The molecule has 0 aliphatic carbocycles. The second-order valence-corrected chi connectivity index (χ2v) is 8.78. The molecule has 0 amide bonds. The van der Waals surface area contributed by atoms with Crippen LogP contribution in [0.25, 0.3) is 10.2 Å². The molecule has 0 saturated heterocycles. The summed E-state index contributed by atoms with van der Waals surface area (Å²) in [6.45, 7) is 0.207. The third-order valence-electron chi connectivity index (χ3n) is 4.79. The molecule has 0 atom stereocenters. The summed E-state index contributed by atoms with van der Waals surface area (Å²) in [7, 11) is 0. The average molecular weight is 503 g/mol. The lowest BCUT2D eigenvalue weighted by molar-refractivity contribution is 0.306. The Labute approximate surface area is 208 Å². The molecule has 7 nitrogen and oxygen atoms in total. The van der Waals surface area contributed by atoms with Crippen molar-refractivity contribution in [2.45, 2.75) is 6.61 Å². The van der Waals surface area contributed by atoms with Gasteiger partial charge in [-0.05, 0) is 42.0 Å². The van der Waals surface area contributed by atoms with Gasteiger partial charge in [-0.1, -0.05) is 35.6 Å². The molecular weight excluding hydrogens is 487 g/mol. The van der Waals surface area contributed by atoms with Crippen LogP contribution in [-0.4, -0.2) is 19.9 Å². The molecule has 0 spiro atoms. The quantitative estimate of drug-likeness (QED) is 0.303. The van der Waals surface area contributed by atoms with Crippen LogP contribution in [-0.2, 0) is 6.61 Å². The fourth-order valence-corrected chi connectivity index (χ4v) is 4.31. The highest BCUT2D eigenvalue weighted by molar-refractivity contribution is 7.20. The van der Waals surface area contributed by atoms with Gasteiger partial charge in [0.15, 0.2) is 5.82 Å². The standard InChI is InChI=1S/C25H16ClFN6OS/c26-20-9-18(5-7-22(20)34-13-15-2-1-3-17(27)8-15)33-24-23-21(31-14-32-24)10-19(35-23)6-4-16-11-29-25(28)30-12-16/h1-3,5,7-12,14H,13H2,(H2,28,29,30)(H,31,32,33). The average Bonchev–Trinajstić information content (AvgIpc) is 3.28. The topological polar surface area (TPSA) is 98.8 Å². The fraction of sp³-hybridized carbons (Fsp3) is 0.0400. The summed E-state index contributed by atoms with van der Waals surface area (Å²) in [6.07, 6.45) is 4.63. The van der Waals surface area contributed by atoms with Gasteiger partial charge in [0.05, 0.1) is 25.7 Å². The number of ether oxygens (including phenoxy) is 1. The molecule has 0 radical (unpaired) electrons. The van der Waals surface area contributed by atoms with Gasteiger partial charge in [0.25, 0.3) is 0 Å². The zero-order valence-electron chi connectivity index (χ0n) is 18.0. The minimum atomic E-state index is -0.310. The number of anilines is 3. The Balaban J connectivity index is 1.33. The van der Waals surface area contributed by atoms with Crippen molar-refractivity contribution in [3.05, 3.63) is 94.1 Å². The van der Waals surface area contributed by atoms with Crippen LogP contribution in [0, 0.1) is 17.7 Å². The maximum Gasteiger partial charge on any atom is 0.219 e. The number of hydrogen-bond acceptors (Lipinski definition) is 8. The van der Waals surface area contributed by atoms with Crippen molar-refractivity contribution in [2.24, 2.45) is 0 Å². The fourth-order valence-electron chi connectivity index (χ4n) is 3.16. The number of benzene rings is 2. The van der Waals surface area contributed by atoms with E-state index >= 15 is 0 Å². The maximum absolute atomic E-state index is 13.4. The molecule has 3 N–H and O–H groups in total. The van der Waals surface area contributed by atoms with Crippen molar-refractivity contribution in [1.82, 2.24) is 19.9 Å². The first kappa shape index (κ1) is 22.5. The zero-order valence-corrected chi connectivity index (χ0v) is 19.6. The molecule has 0 aliphatic heterocycles. The summed E-state index contributed by atoms with van der Waals surface area (Å²) >= 11 is 7.88. The minimum absolute atomic E-state index is 0.203. The highest BCUT2D eigenvalue weighted by atomic mass is 35.5. The lowest BCUT2D eigenvalue weighted by Gasteiger charge is -2.11. The van der Waals surface area contributed by atoms with E-state index in [1.54, 1.807) is 36.7 Å². The van der Waals surface area contributed by atoms with Crippen molar-refractivity contribution < 1.29 is 9.13 Å². The summed E-state index contributed by atoms with van der Waals surface area (Å²) in [5.41, 5.74) is 8.39. The number of fused-ring (bicyclic) bond motifs is 1. The Morgan fingerprint density at radius 2 is 1.89 bits per heavy atom. The minimum Gasteiger partial charge on any atom is -0.487 e. The number of halogens is 2. The zero-order chi connectivity index (χ0) is 24.2. The van der Waals surface area contributed by atoms with Crippen LogP contribution in [0.5, 0.6) is 5.75 Å². The molecule has 0 aliphatic rings. The van der Waals surface area contributed by atoms with E-state index in [0.29, 0.717) is 27.7 Å². The van der Waals surface area contributed by atoms with Gasteiger partial charge in [-0.2, -0.15) is 0 Å². The van der Waals surface area contributed by atoms with Crippen LogP contribution >= 0.6 is 22.9 Å². The molecule has 0 fully saturated rings. The van der Waals surface area contributed by atoms with E-state index in [1.165, 1.54) is 29.8 Å². The van der Waals surface area contributed by atoms with Crippen molar-refractivity contribution in [2.75, 3.05) is 11.1 Å². The molecule has 0 saturated carbocycles. The Kier molecular flexibility index (Phi) is 6.39. The Morgan fingerprint density at radius 3 is 2.69 bits per heavy atom. The smallest absolute Gasteiger partial charge is 0.219 e. The summed E-state index contributed by atoms with van der Waals surface area (Å²) in [5, 5.41) is 3.69. The van der Waals surface area contributed by atoms with E-state index in [9.17, 15) is 4.39 Å². The van der Waals surface area contributed by atoms with Crippen molar-refractivity contribution in [1.29, 1.82) is 0 Å². The van der Waals surface area contributed by atoms with Gasteiger partial charge in [-0.3, -0.25) is 0 Å². The normalized spacial score (nSPS) is 10.6. The molecular formula is C25H16ClFN6OS. The van der Waals surface area contributed by atoms with E-state index < -0.39 is 0 Å². The van der Waals surface area contributed by atoms with E-state index in [4.69, 9.17) is 22.1 Å². The van der Waals surface area contributed by atoms with E-state index in [-0.39, 0.29) is 18.4 Å². The predicted molar refractivity (Wildman–Crippen MR) is 135 cm³/mol. The van der Waals surface area contributed by atoms with E-state index in [0.717, 1.165) is 20.8 Å². The van der Waals surface area contributed by atoms with Gasteiger partial charge in [0.1, 0.15) is 24.5 Å². The molecule has 2 aromatic carbocycles. The molecule has 172 valence electrons. The molecule has 3 heterocycles. The second-order valence-electron chi connectivity index (χ2n) is 7.32. The molecule has 35 heavy (non-hydrogen) atoms. The summed E-state index contributed by atoms with van der Waals surface area (Å²) < 4.78 is 20.0. The second kappa shape index (κ2) is 9.93. The maximum atomic E-state index is 13.4. The Hall–Kier alpha value is -4.26. The number of nitrogens with two attached hydrogens (primary N) is 1. The molecule has 3 aromatic heterocycles. The highest BCUT2D eigenvalue weighted by Gasteiger charge is 2.10. The lowest BCUT2D eigenvalue weighted by atomic mass is 10.2. The molecule has 0 bridgehead atoms. The van der Waals surface area contributed by atoms with E-state index in [2.05, 4.69) is 37.1 Å². The van der Waals surface area contributed by atoms with Crippen molar-refractivity contribution >= 4 is 50.6 Å². The number of nitrogens with zero attached hydrogens (tertiary/aromatic N) is 4. The van der Waals surface area contributed by atoms with Crippen molar-refractivity contribution in [3.8, 4) is 17.6 Å². The van der Waals surface area contributed by atoms with Crippen LogP contribution in [0.3, 0.4) is 0 Å².